The lowest BCUT2D eigenvalue weighted by molar-refractivity contribution is 1.08. The molecule has 0 N–H and O–H groups in total. The largest absolute Gasteiger partial charge is 0.292 e. The van der Waals surface area contributed by atoms with Gasteiger partial charge in [0.05, 0.1) is 22.1 Å². The summed E-state index contributed by atoms with van der Waals surface area (Å²) in [6, 6.07) is 58.8. The molecular formula is C46H27N3S. The lowest BCUT2D eigenvalue weighted by atomic mass is 9.93. The van der Waals surface area contributed by atoms with Crippen LogP contribution in [0.15, 0.2) is 164 Å². The third kappa shape index (κ3) is 3.91. The maximum absolute atomic E-state index is 5.44. The van der Waals surface area contributed by atoms with Crippen molar-refractivity contribution in [3.8, 4) is 28.2 Å². The van der Waals surface area contributed by atoms with Gasteiger partial charge in [0, 0.05) is 42.1 Å². The quantitative estimate of drug-likeness (QED) is 0.190. The van der Waals surface area contributed by atoms with Crippen LogP contribution < -0.4 is 0 Å². The van der Waals surface area contributed by atoms with E-state index in [0.717, 1.165) is 39.1 Å². The molecule has 0 saturated heterocycles. The molecule has 3 nitrogen and oxygen atoms in total. The number of thiophene rings is 1. The smallest absolute Gasteiger partial charge is 0.165 e. The predicted molar refractivity (Wildman–Crippen MR) is 213 cm³/mol. The predicted octanol–water partition coefficient (Wildman–Crippen LogP) is 12.7. The summed E-state index contributed by atoms with van der Waals surface area (Å²) in [7, 11) is 0. The highest BCUT2D eigenvalue weighted by Crippen LogP contribution is 2.47. The van der Waals surface area contributed by atoms with Crippen molar-refractivity contribution in [1.29, 1.82) is 0 Å². The van der Waals surface area contributed by atoms with Gasteiger partial charge in [-0.25, -0.2) is 9.97 Å². The molecule has 0 aliphatic rings. The van der Waals surface area contributed by atoms with Crippen LogP contribution in [0.4, 0.5) is 0 Å². The molecule has 232 valence electrons. The average Bonchev–Trinajstić information content (AvgIpc) is 3.74. The number of aromatic nitrogens is 3. The lowest BCUT2D eigenvalue weighted by Crippen LogP contribution is -2.04. The minimum atomic E-state index is 0.825. The van der Waals surface area contributed by atoms with Crippen molar-refractivity contribution < 1.29 is 0 Å². The minimum absolute atomic E-state index is 0.825. The van der Waals surface area contributed by atoms with Crippen molar-refractivity contribution in [2.45, 2.75) is 0 Å². The fourth-order valence-electron chi connectivity index (χ4n) is 7.99. The van der Waals surface area contributed by atoms with Crippen molar-refractivity contribution in [2.24, 2.45) is 0 Å². The molecule has 3 aromatic heterocycles. The number of para-hydroxylation sites is 2. The first-order chi connectivity index (χ1) is 24.8. The van der Waals surface area contributed by atoms with E-state index in [1.165, 1.54) is 63.6 Å². The molecule has 0 atom stereocenters. The Hall–Kier alpha value is -6.36. The van der Waals surface area contributed by atoms with E-state index in [1.807, 2.05) is 23.5 Å². The average molecular weight is 654 g/mol. The Morgan fingerprint density at radius 3 is 1.96 bits per heavy atom. The maximum atomic E-state index is 5.44. The van der Waals surface area contributed by atoms with Gasteiger partial charge in [0.15, 0.2) is 5.82 Å². The van der Waals surface area contributed by atoms with Gasteiger partial charge in [-0.15, -0.1) is 11.3 Å². The second-order valence-corrected chi connectivity index (χ2v) is 14.0. The topological polar surface area (TPSA) is 30.7 Å². The summed E-state index contributed by atoms with van der Waals surface area (Å²) in [6.07, 6.45) is 0. The number of rotatable bonds is 3. The molecule has 0 aliphatic heterocycles. The van der Waals surface area contributed by atoms with Gasteiger partial charge >= 0.3 is 0 Å². The second kappa shape index (κ2) is 10.6. The van der Waals surface area contributed by atoms with Gasteiger partial charge < -0.3 is 0 Å². The third-order valence-corrected chi connectivity index (χ3v) is 11.4. The molecule has 3 heterocycles. The highest BCUT2D eigenvalue weighted by Gasteiger charge is 2.24. The van der Waals surface area contributed by atoms with Crippen molar-refractivity contribution in [3.05, 3.63) is 164 Å². The lowest BCUT2D eigenvalue weighted by Gasteiger charge is -2.15. The van der Waals surface area contributed by atoms with Crippen LogP contribution in [0.25, 0.3) is 103 Å². The fourth-order valence-corrected chi connectivity index (χ4v) is 9.22. The molecule has 0 spiro atoms. The minimum Gasteiger partial charge on any atom is -0.292 e. The molecule has 11 aromatic rings. The van der Waals surface area contributed by atoms with Gasteiger partial charge in [0.25, 0.3) is 0 Å². The standard InChI is InChI=1S/C46H27N3S/c1-2-14-29(15-3-1)44-46(48-38-23-10-9-22-37(38)47-44)49-39-26-25-28-13-4-5-16-30(28)42(39)43-33-19-7-6-17-31(33)36(27-40(43)49)35-21-12-20-34-32-18-8-11-24-41(32)50-45(34)35/h1-27H. The van der Waals surface area contributed by atoms with Crippen LogP contribution in [0, 0.1) is 0 Å². The van der Waals surface area contributed by atoms with E-state index in [2.05, 4.69) is 156 Å². The van der Waals surface area contributed by atoms with Crippen molar-refractivity contribution in [1.82, 2.24) is 14.5 Å². The highest BCUT2D eigenvalue weighted by atomic mass is 32.1. The van der Waals surface area contributed by atoms with Crippen LogP contribution in [0.2, 0.25) is 0 Å². The molecule has 0 radical (unpaired) electrons. The van der Waals surface area contributed by atoms with E-state index < -0.39 is 0 Å². The summed E-state index contributed by atoms with van der Waals surface area (Å²) in [5.74, 6) is 0.825. The zero-order valence-corrected chi connectivity index (χ0v) is 27.7. The van der Waals surface area contributed by atoms with Crippen LogP contribution in [0.3, 0.4) is 0 Å². The summed E-state index contributed by atoms with van der Waals surface area (Å²) in [5, 5.41) is 9.98. The Balaban J connectivity index is 1.36. The van der Waals surface area contributed by atoms with Crippen molar-refractivity contribution >= 4 is 85.9 Å². The van der Waals surface area contributed by atoms with E-state index in [9.17, 15) is 0 Å². The van der Waals surface area contributed by atoms with Crippen molar-refractivity contribution in [2.75, 3.05) is 0 Å². The van der Waals surface area contributed by atoms with E-state index in [1.54, 1.807) is 0 Å². The summed E-state index contributed by atoms with van der Waals surface area (Å²) in [6.45, 7) is 0. The molecule has 0 saturated carbocycles. The van der Waals surface area contributed by atoms with E-state index in [-0.39, 0.29) is 0 Å². The first-order valence-corrected chi connectivity index (χ1v) is 17.7. The molecule has 0 fully saturated rings. The van der Waals surface area contributed by atoms with Crippen molar-refractivity contribution in [3.63, 3.8) is 0 Å². The molecule has 0 bridgehead atoms. The Labute approximate surface area is 291 Å². The van der Waals surface area contributed by atoms with Crippen LogP contribution in [-0.2, 0) is 0 Å². The van der Waals surface area contributed by atoms with Gasteiger partial charge in [-0.1, -0.05) is 133 Å². The monoisotopic (exact) mass is 653 g/mol. The first-order valence-electron chi connectivity index (χ1n) is 16.9. The number of nitrogens with zero attached hydrogens (tertiary/aromatic N) is 3. The molecule has 0 aliphatic carbocycles. The van der Waals surface area contributed by atoms with Crippen LogP contribution in [0.5, 0.6) is 0 Å². The van der Waals surface area contributed by atoms with Crippen LogP contribution >= 0.6 is 11.3 Å². The summed E-state index contributed by atoms with van der Waals surface area (Å²) in [5.41, 5.74) is 8.33. The van der Waals surface area contributed by atoms with Crippen LogP contribution in [-0.4, -0.2) is 14.5 Å². The number of hydrogen-bond donors (Lipinski definition) is 0. The number of hydrogen-bond acceptors (Lipinski definition) is 3. The molecular weight excluding hydrogens is 627 g/mol. The van der Waals surface area contributed by atoms with E-state index in [0.29, 0.717) is 0 Å². The summed E-state index contributed by atoms with van der Waals surface area (Å²) < 4.78 is 4.99. The molecule has 50 heavy (non-hydrogen) atoms. The van der Waals surface area contributed by atoms with E-state index >= 15 is 0 Å². The van der Waals surface area contributed by atoms with E-state index in [4.69, 9.17) is 9.97 Å². The summed E-state index contributed by atoms with van der Waals surface area (Å²) >= 11 is 1.88. The SMILES string of the molecule is c1ccc(-c2nc3ccccc3nc2-n2c3ccc4ccccc4c3c3c4ccccc4c(-c4cccc5c4sc4ccccc45)cc32)cc1. The maximum Gasteiger partial charge on any atom is 0.165 e. The number of fused-ring (bicyclic) bond motifs is 11. The molecule has 0 amide bonds. The normalized spacial score (nSPS) is 12.0. The Morgan fingerprint density at radius 2 is 1.10 bits per heavy atom. The first kappa shape index (κ1) is 27.6. The van der Waals surface area contributed by atoms with Gasteiger partial charge in [0.1, 0.15) is 5.69 Å². The Kier molecular flexibility index (Phi) is 5.83. The van der Waals surface area contributed by atoms with Crippen LogP contribution in [0.1, 0.15) is 0 Å². The zero-order valence-electron chi connectivity index (χ0n) is 26.8. The number of benzene rings is 8. The molecule has 0 unspecified atom stereocenters. The van der Waals surface area contributed by atoms with Gasteiger partial charge in [-0.05, 0) is 57.4 Å². The summed E-state index contributed by atoms with van der Waals surface area (Å²) in [4.78, 5) is 10.7. The van der Waals surface area contributed by atoms with Gasteiger partial charge in [-0.3, -0.25) is 4.57 Å². The molecule has 4 heteroatoms. The Bertz CT molecular complexity index is 3150. The highest BCUT2D eigenvalue weighted by molar-refractivity contribution is 7.26. The fraction of sp³-hybridized carbons (Fsp3) is 0. The molecule has 11 rings (SSSR count). The zero-order chi connectivity index (χ0) is 32.8. The van der Waals surface area contributed by atoms with Gasteiger partial charge in [0.2, 0.25) is 0 Å². The van der Waals surface area contributed by atoms with Gasteiger partial charge in [-0.2, -0.15) is 0 Å². The Morgan fingerprint density at radius 1 is 0.440 bits per heavy atom. The second-order valence-electron chi connectivity index (χ2n) is 12.9. The third-order valence-electron chi connectivity index (χ3n) is 10.2. The molecule has 8 aromatic carbocycles.